The van der Waals surface area contributed by atoms with Gasteiger partial charge in [-0.3, -0.25) is 4.98 Å². The number of pyridine rings is 1. The number of nitrogens with two attached hydrogens (primary N) is 1. The van der Waals surface area contributed by atoms with Gasteiger partial charge in [-0.2, -0.15) is 4.98 Å². The molecule has 2 heterocycles. The van der Waals surface area contributed by atoms with Gasteiger partial charge in [0, 0.05) is 24.5 Å². The van der Waals surface area contributed by atoms with E-state index in [9.17, 15) is 0 Å². The van der Waals surface area contributed by atoms with E-state index in [-0.39, 0.29) is 0 Å². The van der Waals surface area contributed by atoms with Gasteiger partial charge in [-0.1, -0.05) is 23.4 Å². The van der Waals surface area contributed by atoms with E-state index in [4.69, 9.17) is 10.3 Å². The molecule has 0 fully saturated rings. The first-order valence-electron chi connectivity index (χ1n) is 6.35. The number of anilines is 1. The van der Waals surface area contributed by atoms with Gasteiger partial charge in [-0.15, -0.1) is 0 Å². The molecule has 100 valence electrons. The predicted octanol–water partition coefficient (Wildman–Crippen LogP) is 2.23. The summed E-state index contributed by atoms with van der Waals surface area (Å²) < 4.78 is 5.26. The van der Waals surface area contributed by atoms with Crippen molar-refractivity contribution >= 4 is 5.69 Å². The number of aromatic nitrogens is 3. The van der Waals surface area contributed by atoms with Gasteiger partial charge >= 0.3 is 0 Å². The molecular formula is C15H14N4O. The Balaban J connectivity index is 1.73. The standard InChI is InChI=1S/C15H14N4O/c16-13-4-2-1-3-12(13)10-15-18-14(19-20-15)9-11-5-7-17-8-6-11/h1-8H,9-10,16H2. The van der Waals surface area contributed by atoms with E-state index >= 15 is 0 Å². The van der Waals surface area contributed by atoms with Crippen molar-refractivity contribution in [1.29, 1.82) is 0 Å². The smallest absolute Gasteiger partial charge is 0.231 e. The third-order valence-electron chi connectivity index (χ3n) is 3.02. The molecule has 1 aromatic carbocycles. The van der Waals surface area contributed by atoms with Crippen LogP contribution in [-0.2, 0) is 12.8 Å². The third kappa shape index (κ3) is 2.83. The molecule has 0 spiro atoms. The van der Waals surface area contributed by atoms with Crippen molar-refractivity contribution in [3.8, 4) is 0 Å². The van der Waals surface area contributed by atoms with Crippen LogP contribution < -0.4 is 5.73 Å². The van der Waals surface area contributed by atoms with Gasteiger partial charge in [0.2, 0.25) is 5.89 Å². The molecule has 0 unspecified atom stereocenters. The Hall–Kier alpha value is -2.69. The summed E-state index contributed by atoms with van der Waals surface area (Å²) in [5, 5.41) is 3.99. The van der Waals surface area contributed by atoms with E-state index in [1.807, 2.05) is 36.4 Å². The number of rotatable bonds is 4. The zero-order valence-electron chi connectivity index (χ0n) is 10.9. The molecule has 0 aliphatic heterocycles. The van der Waals surface area contributed by atoms with Crippen LogP contribution in [-0.4, -0.2) is 15.1 Å². The maximum atomic E-state index is 5.90. The molecule has 0 atom stereocenters. The van der Waals surface area contributed by atoms with E-state index in [0.717, 1.165) is 16.8 Å². The van der Waals surface area contributed by atoms with Crippen molar-refractivity contribution in [2.45, 2.75) is 12.8 Å². The highest BCUT2D eigenvalue weighted by atomic mass is 16.5. The number of nitrogens with zero attached hydrogens (tertiary/aromatic N) is 3. The Morgan fingerprint density at radius 1 is 1.00 bits per heavy atom. The Morgan fingerprint density at radius 2 is 1.80 bits per heavy atom. The minimum Gasteiger partial charge on any atom is -0.398 e. The fraction of sp³-hybridized carbons (Fsp3) is 0.133. The number of nitrogen functional groups attached to an aromatic ring is 1. The van der Waals surface area contributed by atoms with Gasteiger partial charge in [-0.05, 0) is 29.3 Å². The minimum absolute atomic E-state index is 0.552. The predicted molar refractivity (Wildman–Crippen MR) is 75.0 cm³/mol. The summed E-state index contributed by atoms with van der Waals surface area (Å²) in [6, 6.07) is 11.5. The molecule has 0 radical (unpaired) electrons. The first-order chi connectivity index (χ1) is 9.81. The lowest BCUT2D eigenvalue weighted by Gasteiger charge is -2.00. The second kappa shape index (κ2) is 5.52. The lowest BCUT2D eigenvalue weighted by atomic mass is 10.1. The fourth-order valence-corrected chi connectivity index (χ4v) is 1.98. The summed E-state index contributed by atoms with van der Waals surface area (Å²) in [4.78, 5) is 8.37. The van der Waals surface area contributed by atoms with Crippen LogP contribution in [0.25, 0.3) is 0 Å². The lowest BCUT2D eigenvalue weighted by molar-refractivity contribution is 0.380. The minimum atomic E-state index is 0.552. The molecule has 5 heteroatoms. The molecule has 0 saturated heterocycles. The van der Waals surface area contributed by atoms with E-state index in [0.29, 0.717) is 24.6 Å². The lowest BCUT2D eigenvalue weighted by Crippen LogP contribution is -1.96. The molecule has 20 heavy (non-hydrogen) atoms. The summed E-state index contributed by atoms with van der Waals surface area (Å²) in [5.41, 5.74) is 8.73. The van der Waals surface area contributed by atoms with Gasteiger partial charge < -0.3 is 10.3 Å². The van der Waals surface area contributed by atoms with Crippen LogP contribution in [0.5, 0.6) is 0 Å². The number of hydrogen-bond acceptors (Lipinski definition) is 5. The highest BCUT2D eigenvalue weighted by molar-refractivity contribution is 5.47. The molecule has 0 saturated carbocycles. The molecule has 2 N–H and O–H groups in total. The van der Waals surface area contributed by atoms with Crippen molar-refractivity contribution in [1.82, 2.24) is 15.1 Å². The van der Waals surface area contributed by atoms with Crippen molar-refractivity contribution in [3.63, 3.8) is 0 Å². The monoisotopic (exact) mass is 266 g/mol. The number of benzene rings is 1. The van der Waals surface area contributed by atoms with Crippen molar-refractivity contribution in [2.24, 2.45) is 0 Å². The summed E-state index contributed by atoms with van der Waals surface area (Å²) in [6.07, 6.45) is 4.69. The highest BCUT2D eigenvalue weighted by Gasteiger charge is 2.09. The molecule has 3 rings (SSSR count). The third-order valence-corrected chi connectivity index (χ3v) is 3.02. The average molecular weight is 266 g/mol. The Labute approximate surface area is 116 Å². The van der Waals surface area contributed by atoms with E-state index in [2.05, 4.69) is 15.1 Å². The first-order valence-corrected chi connectivity index (χ1v) is 6.35. The summed E-state index contributed by atoms with van der Waals surface area (Å²) in [6.45, 7) is 0. The topological polar surface area (TPSA) is 77.8 Å². The van der Waals surface area contributed by atoms with E-state index in [1.165, 1.54) is 0 Å². The van der Waals surface area contributed by atoms with Gasteiger partial charge in [0.05, 0.1) is 6.42 Å². The Morgan fingerprint density at radius 3 is 2.60 bits per heavy atom. The van der Waals surface area contributed by atoms with Crippen LogP contribution in [0.3, 0.4) is 0 Å². The van der Waals surface area contributed by atoms with Crippen LogP contribution in [0, 0.1) is 0 Å². The van der Waals surface area contributed by atoms with Gasteiger partial charge in [0.25, 0.3) is 0 Å². The second-order valence-electron chi connectivity index (χ2n) is 4.51. The Kier molecular flexibility index (Phi) is 3.41. The summed E-state index contributed by atoms with van der Waals surface area (Å²) >= 11 is 0. The SMILES string of the molecule is Nc1ccccc1Cc1nc(Cc2ccncc2)no1. The number of para-hydroxylation sites is 1. The van der Waals surface area contributed by atoms with Crippen molar-refractivity contribution in [3.05, 3.63) is 71.6 Å². The number of hydrogen-bond donors (Lipinski definition) is 1. The maximum absolute atomic E-state index is 5.90. The van der Waals surface area contributed by atoms with Crippen molar-refractivity contribution < 1.29 is 4.52 Å². The molecule has 0 aliphatic rings. The van der Waals surface area contributed by atoms with Crippen LogP contribution in [0.15, 0.2) is 53.3 Å². The molecule has 3 aromatic rings. The molecule has 0 bridgehead atoms. The van der Waals surface area contributed by atoms with Crippen LogP contribution in [0.4, 0.5) is 5.69 Å². The zero-order valence-corrected chi connectivity index (χ0v) is 10.9. The first kappa shape index (κ1) is 12.3. The van der Waals surface area contributed by atoms with Crippen LogP contribution >= 0.6 is 0 Å². The Bertz CT molecular complexity index is 694. The van der Waals surface area contributed by atoms with Gasteiger partial charge in [-0.25, -0.2) is 0 Å². The zero-order chi connectivity index (χ0) is 13.8. The van der Waals surface area contributed by atoms with Crippen molar-refractivity contribution in [2.75, 3.05) is 5.73 Å². The van der Waals surface area contributed by atoms with E-state index < -0.39 is 0 Å². The van der Waals surface area contributed by atoms with Gasteiger partial charge in [0.15, 0.2) is 5.82 Å². The van der Waals surface area contributed by atoms with Crippen LogP contribution in [0.2, 0.25) is 0 Å². The molecule has 0 amide bonds. The summed E-state index contributed by atoms with van der Waals surface area (Å²) in [5.74, 6) is 1.24. The maximum Gasteiger partial charge on any atom is 0.231 e. The largest absolute Gasteiger partial charge is 0.398 e. The van der Waals surface area contributed by atoms with Crippen LogP contribution in [0.1, 0.15) is 22.8 Å². The molecular weight excluding hydrogens is 252 g/mol. The normalized spacial score (nSPS) is 10.6. The average Bonchev–Trinajstić information content (AvgIpc) is 2.90. The quantitative estimate of drug-likeness (QED) is 0.733. The summed E-state index contributed by atoms with van der Waals surface area (Å²) in [7, 11) is 0. The molecule has 0 aliphatic carbocycles. The molecule has 5 nitrogen and oxygen atoms in total. The van der Waals surface area contributed by atoms with Gasteiger partial charge in [0.1, 0.15) is 0 Å². The van der Waals surface area contributed by atoms with E-state index in [1.54, 1.807) is 12.4 Å². The second-order valence-corrected chi connectivity index (χ2v) is 4.51. The molecule has 2 aromatic heterocycles. The fourth-order valence-electron chi connectivity index (χ4n) is 1.98. The highest BCUT2D eigenvalue weighted by Crippen LogP contribution is 2.15.